The number of benzene rings is 3. The van der Waals surface area contributed by atoms with Gasteiger partial charge in [-0.1, -0.05) is 89.3 Å². The molecule has 0 aliphatic heterocycles. The van der Waals surface area contributed by atoms with E-state index in [9.17, 15) is 36.3 Å². The van der Waals surface area contributed by atoms with Crippen molar-refractivity contribution in [2.24, 2.45) is 5.92 Å². The number of alkyl halides is 3. The number of aryl methyl sites for hydroxylation is 1. The average Bonchev–Trinajstić information content (AvgIpc) is 3.15. The monoisotopic (exact) mass is 772 g/mol. The van der Waals surface area contributed by atoms with Crippen molar-refractivity contribution in [3.63, 3.8) is 0 Å². The maximum atomic E-state index is 13.7. The van der Waals surface area contributed by atoms with Gasteiger partial charge >= 0.3 is 24.1 Å². The highest BCUT2D eigenvalue weighted by Crippen LogP contribution is 2.39. The molecule has 1 aliphatic carbocycles. The molecular weight excluding hydrogens is 723 g/mol. The predicted octanol–water partition coefficient (Wildman–Crippen LogP) is 11.9. The third kappa shape index (κ3) is 14.6. The summed E-state index contributed by atoms with van der Waals surface area (Å²) in [5.74, 6) is -4.67. The van der Waals surface area contributed by atoms with Crippen LogP contribution < -0.4 is 18.9 Å². The number of rotatable bonds is 16. The van der Waals surface area contributed by atoms with Gasteiger partial charge in [-0.25, -0.2) is 18.8 Å². The zero-order valence-corrected chi connectivity index (χ0v) is 31.6. The van der Waals surface area contributed by atoms with Crippen LogP contribution in [-0.2, 0) is 9.59 Å². The van der Waals surface area contributed by atoms with E-state index in [4.69, 9.17) is 18.9 Å². The van der Waals surface area contributed by atoms with Crippen molar-refractivity contribution in [1.29, 1.82) is 0 Å². The van der Waals surface area contributed by atoms with Crippen molar-refractivity contribution in [3.05, 3.63) is 108 Å². The van der Waals surface area contributed by atoms with Gasteiger partial charge in [0, 0.05) is 0 Å². The van der Waals surface area contributed by atoms with Crippen LogP contribution in [0.3, 0.4) is 0 Å². The van der Waals surface area contributed by atoms with Crippen LogP contribution in [0, 0.1) is 18.7 Å². The maximum Gasteiger partial charge on any atom is 0.422 e. The first-order chi connectivity index (χ1) is 26.1. The van der Waals surface area contributed by atoms with Gasteiger partial charge in [-0.15, -0.1) is 0 Å². The van der Waals surface area contributed by atoms with Gasteiger partial charge in [-0.3, -0.25) is 0 Å². The lowest BCUT2D eigenvalue weighted by Gasteiger charge is -2.28. The molecule has 1 saturated carbocycles. The van der Waals surface area contributed by atoms with Crippen LogP contribution in [0.1, 0.15) is 112 Å². The molecule has 12 heteroatoms. The SMILES string of the molecule is C=C(C(=O)Oc1cc(C(=O)Oc2ccc(C)cc2)ccc1OCCCCCCC)C(F)(F)F.C=C(F)C(=O)Oc1cc(C2CCC(CCC)CC2)ccc1F. The zero-order valence-electron chi connectivity index (χ0n) is 31.6. The lowest BCUT2D eigenvalue weighted by molar-refractivity contribution is -0.142. The molecule has 7 nitrogen and oxygen atoms in total. The molecule has 4 rings (SSSR count). The highest BCUT2D eigenvalue weighted by Gasteiger charge is 2.38. The van der Waals surface area contributed by atoms with Crippen molar-refractivity contribution in [2.75, 3.05) is 6.61 Å². The van der Waals surface area contributed by atoms with Crippen LogP contribution in [0.5, 0.6) is 23.0 Å². The van der Waals surface area contributed by atoms with E-state index < -0.39 is 41.3 Å². The second-order valence-corrected chi connectivity index (χ2v) is 13.5. The standard InChI is InChI=1S/C25H27F3O5.C18H22F2O2/c1-4-5-6-7-8-15-31-21-14-11-19(24(30)32-20-12-9-17(2)10-13-20)16-22(21)33-23(29)18(3)25(26,27)28;1-3-4-13-5-7-14(8-6-13)15-9-10-16(20)17(11-15)22-18(21)12(2)19/h9-14,16H,3-8,15H2,1-2H3;9-11,13-14H,2-8H2,1H3. The molecule has 0 spiro atoms. The summed E-state index contributed by atoms with van der Waals surface area (Å²) in [5.41, 5.74) is 0.237. The highest BCUT2D eigenvalue weighted by atomic mass is 19.4. The molecule has 0 aromatic heterocycles. The van der Waals surface area contributed by atoms with Crippen molar-refractivity contribution in [3.8, 4) is 23.0 Å². The second-order valence-electron chi connectivity index (χ2n) is 13.5. The van der Waals surface area contributed by atoms with E-state index in [1.165, 1.54) is 49.9 Å². The quantitative estimate of drug-likeness (QED) is 0.0471. The topological polar surface area (TPSA) is 88.1 Å². The number of halogens is 5. The number of carbonyl (C=O) groups excluding carboxylic acids is 3. The van der Waals surface area contributed by atoms with Gasteiger partial charge in [0.1, 0.15) is 11.3 Å². The fourth-order valence-electron chi connectivity index (χ4n) is 5.97. The Bertz CT molecular complexity index is 1760. The molecule has 298 valence electrons. The van der Waals surface area contributed by atoms with Crippen molar-refractivity contribution >= 4 is 17.9 Å². The first kappa shape index (κ1) is 44.4. The third-order valence-corrected chi connectivity index (χ3v) is 9.10. The van der Waals surface area contributed by atoms with Crippen LogP contribution in [0.25, 0.3) is 0 Å². The van der Waals surface area contributed by atoms with Gasteiger partial charge in [0.25, 0.3) is 0 Å². The van der Waals surface area contributed by atoms with Gasteiger partial charge in [-0.2, -0.15) is 17.6 Å². The van der Waals surface area contributed by atoms with E-state index >= 15 is 0 Å². The minimum absolute atomic E-state index is 0.0220. The summed E-state index contributed by atoms with van der Waals surface area (Å²) in [4.78, 5) is 35.7. The Morgan fingerprint density at radius 2 is 1.40 bits per heavy atom. The van der Waals surface area contributed by atoms with Gasteiger partial charge in [0.2, 0.25) is 5.83 Å². The summed E-state index contributed by atoms with van der Waals surface area (Å²) in [6.07, 6.45) is 6.85. The fourth-order valence-corrected chi connectivity index (χ4v) is 5.97. The molecule has 0 amide bonds. The van der Waals surface area contributed by atoms with Crippen molar-refractivity contribution < 1.29 is 55.3 Å². The first-order valence-electron chi connectivity index (χ1n) is 18.5. The molecule has 0 unspecified atom stereocenters. The Kier molecular flexibility index (Phi) is 17.6. The van der Waals surface area contributed by atoms with Crippen molar-refractivity contribution in [2.45, 2.75) is 103 Å². The normalized spacial score (nSPS) is 15.2. The molecule has 0 saturated heterocycles. The predicted molar refractivity (Wildman–Crippen MR) is 200 cm³/mol. The average molecular weight is 773 g/mol. The van der Waals surface area contributed by atoms with E-state index in [1.54, 1.807) is 30.3 Å². The Balaban J connectivity index is 0.000000320. The zero-order chi connectivity index (χ0) is 40.5. The molecule has 0 N–H and O–H groups in total. The van der Waals surface area contributed by atoms with Gasteiger partial charge in [-0.05, 0) is 98.9 Å². The van der Waals surface area contributed by atoms with Crippen LogP contribution in [0.15, 0.2) is 85.2 Å². The number of unbranched alkanes of at least 4 members (excludes halogenated alkanes) is 4. The van der Waals surface area contributed by atoms with Crippen LogP contribution in [0.2, 0.25) is 0 Å². The highest BCUT2D eigenvalue weighted by molar-refractivity contribution is 5.94. The molecule has 0 atom stereocenters. The Hall–Kier alpha value is -5.00. The summed E-state index contributed by atoms with van der Waals surface area (Å²) >= 11 is 0. The molecule has 3 aromatic rings. The fraction of sp³-hybridized carbons (Fsp3) is 0.419. The molecule has 1 aliphatic rings. The first-order valence-corrected chi connectivity index (χ1v) is 18.5. The van der Waals surface area contributed by atoms with Crippen molar-refractivity contribution in [1.82, 2.24) is 0 Å². The van der Waals surface area contributed by atoms with E-state index in [2.05, 4.69) is 27.0 Å². The Labute approximate surface area is 319 Å². The molecule has 0 heterocycles. The summed E-state index contributed by atoms with van der Waals surface area (Å²) in [6.45, 7) is 12.1. The molecule has 0 radical (unpaired) electrons. The summed E-state index contributed by atoms with van der Waals surface area (Å²) in [7, 11) is 0. The third-order valence-electron chi connectivity index (χ3n) is 9.10. The van der Waals surface area contributed by atoms with E-state index in [0.29, 0.717) is 11.7 Å². The smallest absolute Gasteiger partial charge is 0.422 e. The largest absolute Gasteiger partial charge is 0.490 e. The van der Waals surface area contributed by atoms with Crippen LogP contribution >= 0.6 is 0 Å². The number of esters is 3. The number of hydrogen-bond donors (Lipinski definition) is 0. The van der Waals surface area contributed by atoms with Gasteiger partial charge < -0.3 is 18.9 Å². The number of carbonyl (C=O) groups is 3. The minimum atomic E-state index is -4.95. The summed E-state index contributed by atoms with van der Waals surface area (Å²) < 4.78 is 85.4. The lowest BCUT2D eigenvalue weighted by atomic mass is 9.77. The van der Waals surface area contributed by atoms with Crippen LogP contribution in [-0.4, -0.2) is 30.7 Å². The molecule has 55 heavy (non-hydrogen) atoms. The van der Waals surface area contributed by atoms with Gasteiger partial charge in [0.05, 0.1) is 12.2 Å². The van der Waals surface area contributed by atoms with E-state index in [-0.39, 0.29) is 29.4 Å². The summed E-state index contributed by atoms with van der Waals surface area (Å²) in [5, 5.41) is 0. The Morgan fingerprint density at radius 1 is 0.745 bits per heavy atom. The minimum Gasteiger partial charge on any atom is -0.490 e. The number of hydrogen-bond acceptors (Lipinski definition) is 7. The van der Waals surface area contributed by atoms with E-state index in [0.717, 1.165) is 68.1 Å². The molecular formula is C43H49F5O7. The number of ether oxygens (including phenoxy) is 4. The Morgan fingerprint density at radius 3 is 2.02 bits per heavy atom. The molecule has 1 fully saturated rings. The maximum absolute atomic E-state index is 13.7. The van der Waals surface area contributed by atoms with E-state index in [1.807, 2.05) is 6.92 Å². The lowest BCUT2D eigenvalue weighted by Crippen LogP contribution is -2.23. The molecule has 3 aromatic carbocycles. The summed E-state index contributed by atoms with van der Waals surface area (Å²) in [6, 6.07) is 15.1. The second kappa shape index (κ2) is 21.8. The molecule has 0 bridgehead atoms. The van der Waals surface area contributed by atoms with Crippen LogP contribution in [0.4, 0.5) is 22.0 Å². The van der Waals surface area contributed by atoms with Gasteiger partial charge in [0.15, 0.2) is 23.1 Å².